The second-order valence-electron chi connectivity index (χ2n) is 6.96. The van der Waals surface area contributed by atoms with Gasteiger partial charge in [0.25, 0.3) is 5.91 Å². The first-order valence-corrected chi connectivity index (χ1v) is 11.9. The molecule has 1 amide bonds. The number of rotatable bonds is 13. The average molecular weight is 526 g/mol. The summed E-state index contributed by atoms with van der Waals surface area (Å²) in [5.74, 6) is 0.115. The summed E-state index contributed by atoms with van der Waals surface area (Å²) in [6.45, 7) is 9.87. The largest absolute Gasteiger partial charge is 0.494 e. The van der Waals surface area contributed by atoms with Crippen LogP contribution in [0.15, 0.2) is 34.5 Å². The highest BCUT2D eigenvalue weighted by molar-refractivity contribution is 6.35. The van der Waals surface area contributed by atoms with E-state index >= 15 is 0 Å². The highest BCUT2D eigenvalue weighted by Gasteiger charge is 2.26. The van der Waals surface area contributed by atoms with Crippen molar-refractivity contribution in [3.05, 3.63) is 34.3 Å². The van der Waals surface area contributed by atoms with E-state index in [0.29, 0.717) is 43.7 Å². The second kappa shape index (κ2) is 13.7. The molecule has 0 saturated carbocycles. The van der Waals surface area contributed by atoms with E-state index in [0.717, 1.165) is 0 Å². The number of anilines is 1. The number of hydrogen-bond donors (Lipinski definition) is 1. The van der Waals surface area contributed by atoms with Gasteiger partial charge in [-0.15, -0.1) is 5.11 Å². The van der Waals surface area contributed by atoms with Crippen molar-refractivity contribution in [2.45, 2.75) is 40.7 Å². The maximum Gasteiger partial charge on any atom is 0.258 e. The second-order valence-corrected chi connectivity index (χ2v) is 7.74. The molecule has 2 rings (SSSR count). The first kappa shape index (κ1) is 28.2. The van der Waals surface area contributed by atoms with Gasteiger partial charge in [0, 0.05) is 12.1 Å². The molecule has 0 fully saturated rings. The van der Waals surface area contributed by atoms with E-state index in [-0.39, 0.29) is 27.2 Å². The number of amides is 1. The van der Waals surface area contributed by atoms with Crippen LogP contribution in [0.1, 0.15) is 34.6 Å². The van der Waals surface area contributed by atoms with Gasteiger partial charge < -0.3 is 24.3 Å². The van der Waals surface area contributed by atoms with E-state index in [4.69, 9.17) is 42.1 Å². The van der Waals surface area contributed by atoms with Gasteiger partial charge in [-0.3, -0.25) is 9.59 Å². The van der Waals surface area contributed by atoms with Gasteiger partial charge in [-0.05, 0) is 46.8 Å². The molecule has 0 aliphatic carbocycles. The summed E-state index contributed by atoms with van der Waals surface area (Å²) >= 11 is 12.7. The maximum atomic E-state index is 13.1. The van der Waals surface area contributed by atoms with Crippen LogP contribution in [0, 0.1) is 0 Å². The molecule has 11 heteroatoms. The van der Waals surface area contributed by atoms with E-state index < -0.39 is 17.7 Å². The summed E-state index contributed by atoms with van der Waals surface area (Å²) in [4.78, 5) is 25.4. The molecule has 1 atom stereocenters. The number of carbonyl (C=O) groups excluding carboxylic acids is 2. The van der Waals surface area contributed by atoms with E-state index in [9.17, 15) is 9.59 Å². The Bertz CT molecular complexity index is 1080. The van der Waals surface area contributed by atoms with E-state index in [2.05, 4.69) is 15.5 Å². The van der Waals surface area contributed by atoms with Crippen molar-refractivity contribution in [2.24, 2.45) is 10.2 Å². The Balaban J connectivity index is 2.42. The predicted octanol–water partition coefficient (Wildman–Crippen LogP) is 6.27. The lowest BCUT2D eigenvalue weighted by molar-refractivity contribution is -0.126. The molecule has 2 aromatic carbocycles. The summed E-state index contributed by atoms with van der Waals surface area (Å²) in [5.41, 5.74) is 0.385. The van der Waals surface area contributed by atoms with Gasteiger partial charge in [0.05, 0.1) is 37.1 Å². The standard InChI is InChI=1S/C24H29Cl2N3O6/c1-6-32-15-12-16(25)23(35-9-4)17(13-15)27-24(31)21(14(5)30)28-29-22-19(34-8-3)11-10-18(20(22)26)33-7-2/h10-13,21H,6-9H2,1-5H3,(H,27,31). The Kier molecular flexibility index (Phi) is 11.1. The number of nitrogens with one attached hydrogen (secondary N) is 1. The van der Waals surface area contributed by atoms with Crippen LogP contribution in [0.4, 0.5) is 11.4 Å². The van der Waals surface area contributed by atoms with E-state index in [1.807, 2.05) is 13.8 Å². The third-order valence-electron chi connectivity index (χ3n) is 4.42. The summed E-state index contributed by atoms with van der Waals surface area (Å²) in [6, 6.07) is 4.95. The number of halogens is 2. The van der Waals surface area contributed by atoms with Gasteiger partial charge in [0.15, 0.2) is 11.5 Å². The molecule has 0 spiro atoms. The number of Topliss-reactive ketones (excluding diaryl/α,β-unsaturated/α-hetero) is 1. The summed E-state index contributed by atoms with van der Waals surface area (Å²) in [6.07, 6.45) is 0. The van der Waals surface area contributed by atoms with Crippen LogP contribution < -0.4 is 24.3 Å². The lowest BCUT2D eigenvalue weighted by Crippen LogP contribution is -2.32. The molecule has 0 aliphatic rings. The number of ketones is 1. The van der Waals surface area contributed by atoms with Gasteiger partial charge >= 0.3 is 0 Å². The highest BCUT2D eigenvalue weighted by Crippen LogP contribution is 2.42. The highest BCUT2D eigenvalue weighted by atomic mass is 35.5. The predicted molar refractivity (Wildman–Crippen MR) is 135 cm³/mol. The van der Waals surface area contributed by atoms with Gasteiger partial charge in [-0.25, -0.2) is 0 Å². The number of ether oxygens (including phenoxy) is 4. The Morgan fingerprint density at radius 1 is 0.914 bits per heavy atom. The number of carbonyl (C=O) groups is 2. The summed E-state index contributed by atoms with van der Waals surface area (Å²) in [7, 11) is 0. The van der Waals surface area contributed by atoms with Crippen LogP contribution in [0.5, 0.6) is 23.0 Å². The van der Waals surface area contributed by atoms with Gasteiger partial charge in [-0.2, -0.15) is 5.11 Å². The Morgan fingerprint density at radius 2 is 1.51 bits per heavy atom. The van der Waals surface area contributed by atoms with Crippen LogP contribution in [-0.4, -0.2) is 44.2 Å². The molecule has 2 aromatic rings. The molecule has 1 unspecified atom stereocenters. The topological polar surface area (TPSA) is 108 Å². The fraction of sp³-hybridized carbons (Fsp3) is 0.417. The van der Waals surface area contributed by atoms with Gasteiger partial charge in [-0.1, -0.05) is 23.2 Å². The van der Waals surface area contributed by atoms with Crippen molar-refractivity contribution in [2.75, 3.05) is 31.7 Å². The van der Waals surface area contributed by atoms with Crippen LogP contribution in [-0.2, 0) is 9.59 Å². The van der Waals surface area contributed by atoms with Crippen LogP contribution in [0.3, 0.4) is 0 Å². The molecule has 0 saturated heterocycles. The normalized spacial score (nSPS) is 11.7. The van der Waals surface area contributed by atoms with Crippen molar-refractivity contribution in [3.8, 4) is 23.0 Å². The van der Waals surface area contributed by atoms with Crippen molar-refractivity contribution in [1.29, 1.82) is 0 Å². The Hall–Kier alpha value is -3.04. The van der Waals surface area contributed by atoms with Gasteiger partial charge in [0.2, 0.25) is 6.04 Å². The third kappa shape index (κ3) is 7.47. The molecule has 35 heavy (non-hydrogen) atoms. The SMILES string of the molecule is CCOc1cc(Cl)c(OCC)c(NC(=O)C(N=Nc2c(OCC)ccc(OCC)c2Cl)C(C)=O)c1. The lowest BCUT2D eigenvalue weighted by Gasteiger charge is -2.16. The smallest absolute Gasteiger partial charge is 0.258 e. The third-order valence-corrected chi connectivity index (χ3v) is 5.07. The molecule has 0 bridgehead atoms. The zero-order chi connectivity index (χ0) is 26.0. The zero-order valence-electron chi connectivity index (χ0n) is 20.3. The van der Waals surface area contributed by atoms with Crippen molar-refractivity contribution in [3.63, 3.8) is 0 Å². The Morgan fingerprint density at radius 3 is 2.11 bits per heavy atom. The molecular formula is C24H29Cl2N3O6. The molecular weight excluding hydrogens is 497 g/mol. The van der Waals surface area contributed by atoms with Crippen molar-refractivity contribution in [1.82, 2.24) is 0 Å². The minimum Gasteiger partial charge on any atom is -0.494 e. The quantitative estimate of drug-likeness (QED) is 0.244. The minimum atomic E-state index is -1.47. The molecule has 1 N–H and O–H groups in total. The zero-order valence-corrected chi connectivity index (χ0v) is 21.8. The van der Waals surface area contributed by atoms with E-state index in [1.54, 1.807) is 38.1 Å². The molecule has 9 nitrogen and oxygen atoms in total. The van der Waals surface area contributed by atoms with Crippen LogP contribution in [0.25, 0.3) is 0 Å². The van der Waals surface area contributed by atoms with Crippen LogP contribution >= 0.6 is 23.2 Å². The number of nitrogens with zero attached hydrogens (tertiary/aromatic N) is 2. The first-order chi connectivity index (χ1) is 16.8. The number of benzene rings is 2. The first-order valence-electron chi connectivity index (χ1n) is 11.2. The Labute approximate surface area is 214 Å². The summed E-state index contributed by atoms with van der Waals surface area (Å²) < 4.78 is 22.1. The number of azo groups is 1. The lowest BCUT2D eigenvalue weighted by atomic mass is 10.2. The van der Waals surface area contributed by atoms with E-state index in [1.165, 1.54) is 6.92 Å². The molecule has 0 radical (unpaired) electrons. The molecule has 190 valence electrons. The van der Waals surface area contributed by atoms with Crippen molar-refractivity contribution >= 4 is 46.3 Å². The van der Waals surface area contributed by atoms with Crippen molar-refractivity contribution < 1.29 is 28.5 Å². The molecule has 0 heterocycles. The monoisotopic (exact) mass is 525 g/mol. The van der Waals surface area contributed by atoms with Crippen LogP contribution in [0.2, 0.25) is 10.0 Å². The maximum absolute atomic E-state index is 13.1. The molecule has 0 aliphatic heterocycles. The minimum absolute atomic E-state index is 0.148. The molecule has 0 aromatic heterocycles. The average Bonchev–Trinajstić information content (AvgIpc) is 2.80. The fourth-order valence-corrected chi connectivity index (χ4v) is 3.51. The number of hydrogen-bond acceptors (Lipinski definition) is 8. The fourth-order valence-electron chi connectivity index (χ4n) is 3.00. The summed E-state index contributed by atoms with van der Waals surface area (Å²) in [5, 5.41) is 11.1. The van der Waals surface area contributed by atoms with Gasteiger partial charge in [0.1, 0.15) is 28.0 Å².